The van der Waals surface area contributed by atoms with Crippen LogP contribution >= 0.6 is 0 Å². The molecule has 21 heavy (non-hydrogen) atoms. The number of nitro groups is 1. The van der Waals surface area contributed by atoms with Crippen LogP contribution in [-0.4, -0.2) is 14.5 Å². The fourth-order valence-electron chi connectivity index (χ4n) is 2.70. The Balaban J connectivity index is 2.10. The lowest BCUT2D eigenvalue weighted by atomic mass is 9.92. The smallest absolute Gasteiger partial charge is 0.270 e. The van der Waals surface area contributed by atoms with Crippen molar-refractivity contribution in [2.24, 2.45) is 5.41 Å². The summed E-state index contributed by atoms with van der Waals surface area (Å²) in [5.74, 6) is 0.744. The first-order valence-electron chi connectivity index (χ1n) is 6.71. The Morgan fingerprint density at radius 1 is 1.33 bits per heavy atom. The number of nitrogens with zero attached hydrogens (tertiary/aromatic N) is 3. The standard InChI is InChI=1S/C15H15N3O3/c1-15(2)8-13-16-12(7-14(19)17(13)9-15)10-4-3-5-11(6-10)18(20)21/h3-7H,8-9H2,1-2H3. The number of non-ortho nitro benzene ring substituents is 1. The van der Waals surface area contributed by atoms with Gasteiger partial charge in [-0.25, -0.2) is 4.98 Å². The van der Waals surface area contributed by atoms with Crippen molar-refractivity contribution in [3.63, 3.8) is 0 Å². The Kier molecular flexibility index (Phi) is 2.90. The minimum Gasteiger partial charge on any atom is -0.296 e. The highest BCUT2D eigenvalue weighted by Crippen LogP contribution is 2.30. The maximum absolute atomic E-state index is 12.2. The minimum absolute atomic E-state index is 0.00442. The molecule has 0 amide bonds. The van der Waals surface area contributed by atoms with Crippen LogP contribution in [0.2, 0.25) is 0 Å². The van der Waals surface area contributed by atoms with Gasteiger partial charge in [0.25, 0.3) is 11.2 Å². The van der Waals surface area contributed by atoms with E-state index >= 15 is 0 Å². The highest BCUT2D eigenvalue weighted by Gasteiger charge is 2.30. The molecule has 2 heterocycles. The van der Waals surface area contributed by atoms with Crippen molar-refractivity contribution in [1.29, 1.82) is 0 Å². The highest BCUT2D eigenvalue weighted by atomic mass is 16.6. The van der Waals surface area contributed by atoms with Gasteiger partial charge >= 0.3 is 0 Å². The molecule has 2 aromatic rings. The zero-order valence-electron chi connectivity index (χ0n) is 11.9. The van der Waals surface area contributed by atoms with Crippen molar-refractivity contribution in [2.75, 3.05) is 0 Å². The van der Waals surface area contributed by atoms with Crippen LogP contribution in [0.25, 0.3) is 11.3 Å². The first-order valence-corrected chi connectivity index (χ1v) is 6.71. The molecule has 1 aromatic carbocycles. The fraction of sp³-hybridized carbons (Fsp3) is 0.333. The van der Waals surface area contributed by atoms with Crippen LogP contribution in [0.15, 0.2) is 35.1 Å². The third-order valence-corrected chi connectivity index (χ3v) is 3.66. The van der Waals surface area contributed by atoms with Crippen molar-refractivity contribution >= 4 is 5.69 Å². The van der Waals surface area contributed by atoms with E-state index in [-0.39, 0.29) is 16.7 Å². The molecule has 1 aliphatic rings. The summed E-state index contributed by atoms with van der Waals surface area (Å²) >= 11 is 0. The summed E-state index contributed by atoms with van der Waals surface area (Å²) in [5, 5.41) is 10.8. The number of aromatic nitrogens is 2. The normalized spacial score (nSPS) is 15.7. The molecule has 0 radical (unpaired) electrons. The van der Waals surface area contributed by atoms with Crippen molar-refractivity contribution < 1.29 is 4.92 Å². The molecule has 0 saturated heterocycles. The Bertz CT molecular complexity index is 793. The van der Waals surface area contributed by atoms with Crippen LogP contribution in [0.1, 0.15) is 19.7 Å². The summed E-state index contributed by atoms with van der Waals surface area (Å²) in [7, 11) is 0. The molecule has 0 atom stereocenters. The molecule has 6 nitrogen and oxygen atoms in total. The van der Waals surface area contributed by atoms with Crippen LogP contribution < -0.4 is 5.56 Å². The lowest BCUT2D eigenvalue weighted by Gasteiger charge is -2.13. The molecule has 1 aliphatic heterocycles. The minimum atomic E-state index is -0.452. The van der Waals surface area contributed by atoms with Gasteiger partial charge in [0.15, 0.2) is 0 Å². The summed E-state index contributed by atoms with van der Waals surface area (Å²) < 4.78 is 1.68. The quantitative estimate of drug-likeness (QED) is 0.627. The van der Waals surface area contributed by atoms with Gasteiger partial charge in [-0.3, -0.25) is 19.5 Å². The molecule has 0 N–H and O–H groups in total. The van der Waals surface area contributed by atoms with Crippen LogP contribution in [0.4, 0.5) is 5.69 Å². The molecule has 0 aliphatic carbocycles. The van der Waals surface area contributed by atoms with E-state index in [1.54, 1.807) is 16.7 Å². The molecule has 1 aromatic heterocycles. The van der Waals surface area contributed by atoms with Crippen LogP contribution in [0.3, 0.4) is 0 Å². The zero-order valence-corrected chi connectivity index (χ0v) is 11.9. The topological polar surface area (TPSA) is 78.0 Å². The second-order valence-corrected chi connectivity index (χ2v) is 6.13. The van der Waals surface area contributed by atoms with E-state index in [0.29, 0.717) is 17.8 Å². The van der Waals surface area contributed by atoms with Crippen LogP contribution in [-0.2, 0) is 13.0 Å². The van der Waals surface area contributed by atoms with Crippen molar-refractivity contribution in [1.82, 2.24) is 9.55 Å². The van der Waals surface area contributed by atoms with Crippen molar-refractivity contribution in [3.05, 3.63) is 56.6 Å². The van der Waals surface area contributed by atoms with Gasteiger partial charge in [-0.05, 0) is 5.41 Å². The molecule has 6 heteroatoms. The predicted molar refractivity (Wildman–Crippen MR) is 78.1 cm³/mol. The predicted octanol–water partition coefficient (Wildman–Crippen LogP) is 2.40. The van der Waals surface area contributed by atoms with Gasteiger partial charge in [0.05, 0.1) is 10.6 Å². The van der Waals surface area contributed by atoms with E-state index < -0.39 is 4.92 Å². The molecular weight excluding hydrogens is 270 g/mol. The summed E-state index contributed by atoms with van der Waals surface area (Å²) in [5.41, 5.74) is 0.991. The first kappa shape index (κ1) is 13.5. The second-order valence-electron chi connectivity index (χ2n) is 6.13. The molecule has 0 spiro atoms. The summed E-state index contributed by atoms with van der Waals surface area (Å²) in [6.45, 7) is 4.84. The van der Waals surface area contributed by atoms with E-state index in [4.69, 9.17) is 0 Å². The van der Waals surface area contributed by atoms with Gasteiger partial charge in [-0.2, -0.15) is 0 Å². The Labute approximate surface area is 121 Å². The number of nitro benzene ring substituents is 1. The van der Waals surface area contributed by atoms with Gasteiger partial charge < -0.3 is 0 Å². The number of fused-ring (bicyclic) bond motifs is 1. The maximum atomic E-state index is 12.2. The fourth-order valence-corrected chi connectivity index (χ4v) is 2.70. The number of benzene rings is 1. The van der Waals surface area contributed by atoms with E-state index in [2.05, 4.69) is 18.8 Å². The Hall–Kier alpha value is -2.50. The van der Waals surface area contributed by atoms with Gasteiger partial charge in [-0.1, -0.05) is 26.0 Å². The molecule has 3 rings (SSSR count). The third-order valence-electron chi connectivity index (χ3n) is 3.66. The van der Waals surface area contributed by atoms with Gasteiger partial charge in [0.2, 0.25) is 0 Å². The average Bonchev–Trinajstić information content (AvgIpc) is 2.74. The molecule has 0 saturated carbocycles. The zero-order chi connectivity index (χ0) is 15.2. The number of hydrogen-bond donors (Lipinski definition) is 0. The van der Waals surface area contributed by atoms with Crippen LogP contribution in [0.5, 0.6) is 0 Å². The Morgan fingerprint density at radius 3 is 2.81 bits per heavy atom. The van der Waals surface area contributed by atoms with Gasteiger partial charge in [0.1, 0.15) is 5.82 Å². The summed E-state index contributed by atoms with van der Waals surface area (Å²) in [6, 6.07) is 7.64. The monoisotopic (exact) mass is 285 g/mol. The number of rotatable bonds is 2. The van der Waals surface area contributed by atoms with E-state index in [1.807, 2.05) is 0 Å². The first-order chi connectivity index (χ1) is 9.85. The molecular formula is C15H15N3O3. The molecule has 0 bridgehead atoms. The lowest BCUT2D eigenvalue weighted by Crippen LogP contribution is -2.22. The lowest BCUT2D eigenvalue weighted by molar-refractivity contribution is -0.384. The average molecular weight is 285 g/mol. The van der Waals surface area contributed by atoms with Crippen LogP contribution in [0, 0.1) is 15.5 Å². The summed E-state index contributed by atoms with van der Waals surface area (Å²) in [6.07, 6.45) is 0.727. The SMILES string of the molecule is CC1(C)Cc2nc(-c3cccc([N+](=O)[O-])c3)cc(=O)n2C1. The molecule has 0 fully saturated rings. The van der Waals surface area contributed by atoms with Gasteiger partial charge in [0, 0.05) is 36.7 Å². The second kappa shape index (κ2) is 4.51. The van der Waals surface area contributed by atoms with E-state index in [1.165, 1.54) is 18.2 Å². The van der Waals surface area contributed by atoms with E-state index in [0.717, 1.165) is 12.2 Å². The summed E-state index contributed by atoms with van der Waals surface area (Å²) in [4.78, 5) is 27.1. The number of hydrogen-bond acceptors (Lipinski definition) is 4. The maximum Gasteiger partial charge on any atom is 0.270 e. The molecule has 108 valence electrons. The largest absolute Gasteiger partial charge is 0.296 e. The van der Waals surface area contributed by atoms with E-state index in [9.17, 15) is 14.9 Å². The molecule has 0 unspecified atom stereocenters. The van der Waals surface area contributed by atoms with Gasteiger partial charge in [-0.15, -0.1) is 0 Å². The third kappa shape index (κ3) is 2.44. The van der Waals surface area contributed by atoms with Crippen molar-refractivity contribution in [3.8, 4) is 11.3 Å². The van der Waals surface area contributed by atoms with Crippen molar-refractivity contribution in [2.45, 2.75) is 26.8 Å². The highest BCUT2D eigenvalue weighted by molar-refractivity contribution is 5.62. The Morgan fingerprint density at radius 2 is 2.10 bits per heavy atom.